The zero-order chi connectivity index (χ0) is 30.7. The average molecular weight is 585 g/mol. The van der Waals surface area contributed by atoms with Gasteiger partial charge < -0.3 is 15.0 Å². The minimum Gasteiger partial charge on any atom is -0.458 e. The number of nitrogens with one attached hydrogen (secondary N) is 1. The van der Waals surface area contributed by atoms with Crippen molar-refractivity contribution in [3.8, 4) is 0 Å². The number of aromatic nitrogens is 3. The van der Waals surface area contributed by atoms with E-state index in [0.717, 1.165) is 11.8 Å². The summed E-state index contributed by atoms with van der Waals surface area (Å²) in [4.78, 5) is 42.3. The molecule has 42 heavy (non-hydrogen) atoms. The number of esters is 1. The molecular formula is C30H35F3N6O3. The van der Waals surface area contributed by atoms with E-state index in [1.165, 1.54) is 0 Å². The molecule has 1 aliphatic rings. The number of amides is 1. The summed E-state index contributed by atoms with van der Waals surface area (Å²) in [6.07, 6.45) is -2.65. The molecule has 1 aromatic carbocycles. The average Bonchev–Trinajstić information content (AvgIpc) is 3.24. The molecule has 3 heterocycles. The largest absolute Gasteiger partial charge is 0.458 e. The van der Waals surface area contributed by atoms with Crippen molar-refractivity contribution in [2.24, 2.45) is 0 Å². The molecule has 0 spiro atoms. The second-order valence-corrected chi connectivity index (χ2v) is 11.0. The molecule has 3 aromatic rings. The number of anilines is 4. The summed E-state index contributed by atoms with van der Waals surface area (Å²) >= 11 is 0. The third-order valence-corrected chi connectivity index (χ3v) is 6.60. The number of rotatable bonds is 10. The Morgan fingerprint density at radius 3 is 2.40 bits per heavy atom. The fourth-order valence-corrected chi connectivity index (χ4v) is 4.67. The van der Waals surface area contributed by atoms with E-state index in [2.05, 4.69) is 20.3 Å². The summed E-state index contributed by atoms with van der Waals surface area (Å²) in [5, 5.41) is 2.95. The smallest absolute Gasteiger partial charge is 0.393 e. The number of carbonyl (C=O) groups is 2. The minimum atomic E-state index is -4.51. The van der Waals surface area contributed by atoms with Crippen LogP contribution in [-0.4, -0.2) is 57.7 Å². The highest BCUT2D eigenvalue weighted by molar-refractivity contribution is 6.06. The van der Waals surface area contributed by atoms with Gasteiger partial charge in [0.05, 0.1) is 18.5 Å². The van der Waals surface area contributed by atoms with Gasteiger partial charge in [0.15, 0.2) is 0 Å². The van der Waals surface area contributed by atoms with Crippen molar-refractivity contribution in [2.45, 2.75) is 71.7 Å². The van der Waals surface area contributed by atoms with Crippen molar-refractivity contribution in [2.75, 3.05) is 28.2 Å². The quantitative estimate of drug-likeness (QED) is 0.316. The lowest BCUT2D eigenvalue weighted by Crippen LogP contribution is -2.39. The second kappa shape index (κ2) is 12.3. The molecule has 1 N–H and O–H groups in total. The zero-order valence-electron chi connectivity index (χ0n) is 24.3. The van der Waals surface area contributed by atoms with E-state index < -0.39 is 30.2 Å². The molecule has 1 aliphatic heterocycles. The van der Waals surface area contributed by atoms with Crippen LogP contribution in [0, 0.1) is 0 Å². The van der Waals surface area contributed by atoms with E-state index in [1.807, 2.05) is 19.9 Å². The number of fused-ring (bicyclic) bond motifs is 1. The third kappa shape index (κ3) is 7.54. The van der Waals surface area contributed by atoms with Crippen LogP contribution in [0.25, 0.3) is 0 Å². The fourth-order valence-electron chi connectivity index (χ4n) is 4.67. The number of carbonyl (C=O) groups excluding carboxylic acids is 2. The van der Waals surface area contributed by atoms with Gasteiger partial charge >= 0.3 is 12.1 Å². The predicted octanol–water partition coefficient (Wildman–Crippen LogP) is 5.41. The number of benzene rings is 1. The van der Waals surface area contributed by atoms with Gasteiger partial charge in [-0.25, -0.2) is 14.8 Å². The van der Waals surface area contributed by atoms with Crippen LogP contribution in [0.15, 0.2) is 48.8 Å². The third-order valence-electron chi connectivity index (χ3n) is 6.60. The van der Waals surface area contributed by atoms with Crippen LogP contribution < -0.4 is 15.1 Å². The molecule has 0 unspecified atom stereocenters. The molecule has 0 saturated heterocycles. The first-order valence-electron chi connectivity index (χ1n) is 13.8. The predicted molar refractivity (Wildman–Crippen MR) is 154 cm³/mol. The summed E-state index contributed by atoms with van der Waals surface area (Å²) in [6, 6.07) is 9.62. The number of hydrogen-bond donors (Lipinski definition) is 1. The summed E-state index contributed by atoms with van der Waals surface area (Å²) in [7, 11) is 0. The topological polar surface area (TPSA) is 101 Å². The van der Waals surface area contributed by atoms with Crippen LogP contribution in [0.5, 0.6) is 0 Å². The summed E-state index contributed by atoms with van der Waals surface area (Å²) in [5.74, 6) is 0.00976. The molecule has 4 rings (SSSR count). The molecule has 1 atom stereocenters. The Hall–Kier alpha value is -4.22. The summed E-state index contributed by atoms with van der Waals surface area (Å²) in [5.41, 5.74) is 1.15. The van der Waals surface area contributed by atoms with E-state index in [9.17, 15) is 22.8 Å². The van der Waals surface area contributed by atoms with Crippen molar-refractivity contribution in [1.29, 1.82) is 0 Å². The highest BCUT2D eigenvalue weighted by Crippen LogP contribution is 2.34. The van der Waals surface area contributed by atoms with Gasteiger partial charge in [-0.15, -0.1) is 0 Å². The van der Waals surface area contributed by atoms with E-state index in [-0.39, 0.29) is 36.1 Å². The Labute approximate surface area is 243 Å². The van der Waals surface area contributed by atoms with Crippen LogP contribution in [0.3, 0.4) is 0 Å². The lowest BCUT2D eigenvalue weighted by molar-refractivity contribution is -0.155. The number of hydrogen-bond acceptors (Lipinski definition) is 8. The van der Waals surface area contributed by atoms with E-state index in [0.29, 0.717) is 30.2 Å². The molecule has 224 valence electrons. The van der Waals surface area contributed by atoms with Crippen molar-refractivity contribution in [1.82, 2.24) is 15.0 Å². The maximum Gasteiger partial charge on any atom is 0.393 e. The SMILES string of the molecule is CCN(CC)c1ncc(CC(F)(F)F)c(N[C@@H](Cc2ccc(N3C(=O)Cc4cccnc43)cc2)C(=O)OC(C)(C)C)n1. The number of pyridine rings is 1. The lowest BCUT2D eigenvalue weighted by Gasteiger charge is -2.26. The molecule has 0 aliphatic carbocycles. The van der Waals surface area contributed by atoms with Gasteiger partial charge in [0.25, 0.3) is 0 Å². The Kier molecular flexibility index (Phi) is 9.03. The first kappa shape index (κ1) is 30.7. The molecule has 0 fully saturated rings. The van der Waals surface area contributed by atoms with Crippen LogP contribution in [0.4, 0.5) is 36.4 Å². The first-order valence-corrected chi connectivity index (χ1v) is 13.8. The van der Waals surface area contributed by atoms with Gasteiger partial charge in [0.2, 0.25) is 11.9 Å². The highest BCUT2D eigenvalue weighted by Gasteiger charge is 2.33. The Bertz CT molecular complexity index is 1420. The van der Waals surface area contributed by atoms with Gasteiger partial charge in [0.1, 0.15) is 23.3 Å². The molecule has 0 saturated carbocycles. The molecule has 2 aromatic heterocycles. The van der Waals surface area contributed by atoms with E-state index in [1.54, 1.807) is 67.1 Å². The maximum absolute atomic E-state index is 13.4. The number of nitrogens with zero attached hydrogens (tertiary/aromatic N) is 5. The van der Waals surface area contributed by atoms with Gasteiger partial charge in [-0.05, 0) is 58.4 Å². The van der Waals surface area contributed by atoms with Gasteiger partial charge in [-0.2, -0.15) is 18.2 Å². The Balaban J connectivity index is 1.65. The van der Waals surface area contributed by atoms with Crippen LogP contribution in [0.1, 0.15) is 51.3 Å². The van der Waals surface area contributed by atoms with E-state index >= 15 is 0 Å². The molecule has 0 bridgehead atoms. The Morgan fingerprint density at radius 1 is 1.10 bits per heavy atom. The molecular weight excluding hydrogens is 549 g/mol. The molecule has 9 nitrogen and oxygen atoms in total. The standard InChI is InChI=1S/C30H35F3N6O3/c1-6-38(7-2)28-35-18-21(17-30(31,32)33)25(37-28)36-23(27(41)42-29(3,4)5)15-19-10-12-22(13-11-19)39-24(40)16-20-9-8-14-34-26(20)39/h8-14,18,23H,6-7,15-17H2,1-5H3,(H,35,36,37)/t23-/m0/s1. The first-order chi connectivity index (χ1) is 19.8. The summed E-state index contributed by atoms with van der Waals surface area (Å²) < 4.78 is 46.0. The van der Waals surface area contributed by atoms with Gasteiger partial charge in [-0.3, -0.25) is 9.69 Å². The van der Waals surface area contributed by atoms with Gasteiger partial charge in [-0.1, -0.05) is 18.2 Å². The number of ether oxygens (including phenoxy) is 1. The molecule has 1 amide bonds. The second-order valence-electron chi connectivity index (χ2n) is 11.0. The normalized spacial score (nSPS) is 14.0. The Morgan fingerprint density at radius 2 is 1.79 bits per heavy atom. The van der Waals surface area contributed by atoms with Crippen LogP contribution in [-0.2, 0) is 33.6 Å². The fraction of sp³-hybridized carbons (Fsp3) is 0.433. The highest BCUT2D eigenvalue weighted by atomic mass is 19.4. The van der Waals surface area contributed by atoms with Crippen molar-refractivity contribution in [3.63, 3.8) is 0 Å². The molecule has 12 heteroatoms. The lowest BCUT2D eigenvalue weighted by atomic mass is 10.0. The monoisotopic (exact) mass is 584 g/mol. The minimum absolute atomic E-state index is 0.0814. The number of alkyl halides is 3. The zero-order valence-corrected chi connectivity index (χ0v) is 24.3. The molecule has 0 radical (unpaired) electrons. The van der Waals surface area contributed by atoms with Crippen LogP contribution >= 0.6 is 0 Å². The van der Waals surface area contributed by atoms with Gasteiger partial charge in [0, 0.05) is 43.0 Å². The summed E-state index contributed by atoms with van der Waals surface area (Å²) in [6.45, 7) is 10.0. The maximum atomic E-state index is 13.4. The number of halogens is 3. The van der Waals surface area contributed by atoms with E-state index in [4.69, 9.17) is 4.74 Å². The van der Waals surface area contributed by atoms with Crippen molar-refractivity contribution < 1.29 is 27.5 Å². The van der Waals surface area contributed by atoms with Crippen LogP contribution in [0.2, 0.25) is 0 Å². The van der Waals surface area contributed by atoms with Crippen molar-refractivity contribution >= 4 is 35.1 Å². The van der Waals surface area contributed by atoms with Crippen molar-refractivity contribution in [3.05, 3.63) is 65.5 Å².